The first-order chi connectivity index (χ1) is 23.3. The van der Waals surface area contributed by atoms with Gasteiger partial charge in [-0.1, -0.05) is 109 Å². The molecule has 1 heterocycles. The van der Waals surface area contributed by atoms with E-state index in [0.717, 1.165) is 23.6 Å². The second-order valence-electron chi connectivity index (χ2n) is 11.0. The van der Waals surface area contributed by atoms with Gasteiger partial charge in [-0.25, -0.2) is 4.99 Å². The Balaban J connectivity index is 1.50. The Bertz CT molecular complexity index is 1570. The number of rotatable bonds is 13. The Hall–Kier alpha value is -4.55. The van der Waals surface area contributed by atoms with E-state index in [1.54, 1.807) is 18.2 Å². The van der Waals surface area contributed by atoms with E-state index in [0.29, 0.717) is 0 Å². The zero-order valence-electron chi connectivity index (χ0n) is 26.2. The molecule has 0 spiro atoms. The first-order valence-corrected chi connectivity index (χ1v) is 15.4. The summed E-state index contributed by atoms with van der Waals surface area (Å²) in [5.41, 5.74) is 2.50. The Morgan fingerprint density at radius 1 is 0.667 bits per heavy atom. The van der Waals surface area contributed by atoms with Crippen molar-refractivity contribution in [2.75, 3.05) is 6.61 Å². The summed E-state index contributed by atoms with van der Waals surface area (Å²) < 4.78 is 79.2. The van der Waals surface area contributed by atoms with Crippen molar-refractivity contribution in [1.82, 2.24) is 0 Å². The molecule has 1 unspecified atom stereocenters. The molecule has 1 fully saturated rings. The van der Waals surface area contributed by atoms with Crippen LogP contribution in [-0.4, -0.2) is 55.4 Å². The van der Waals surface area contributed by atoms with Crippen LogP contribution >= 0.6 is 0 Å². The maximum absolute atomic E-state index is 14.4. The minimum Gasteiger partial charge on any atom is -0.453 e. The number of hydrogen-bond acceptors (Lipinski definition) is 8. The Morgan fingerprint density at radius 3 is 1.65 bits per heavy atom. The fraction of sp³-hybridized carbons (Fsp3) is 0.297. The Labute approximate surface area is 277 Å². The number of carbonyl (C=O) groups excluding carboxylic acids is 1. The second kappa shape index (κ2) is 17.0. The highest BCUT2D eigenvalue weighted by Crippen LogP contribution is 2.33. The molecular formula is C37H36F3NO7. The third-order valence-electron chi connectivity index (χ3n) is 7.31. The first-order valence-electron chi connectivity index (χ1n) is 15.4. The SMILES string of the molecule is CC(=O)O[C@@H]1C(OC(=Nc2ccccc2)C(F)(F)F)O[C@H](COCc2ccccc2)[C@@H](OCc2ccccc2)[C@@H]1OCc1ccccc1. The quantitative estimate of drug-likeness (QED) is 0.0841. The van der Waals surface area contributed by atoms with Crippen LogP contribution in [0.5, 0.6) is 0 Å². The summed E-state index contributed by atoms with van der Waals surface area (Å²) >= 11 is 0. The van der Waals surface area contributed by atoms with Gasteiger partial charge in [-0.05, 0) is 28.8 Å². The third kappa shape index (κ3) is 10.2. The van der Waals surface area contributed by atoms with Gasteiger partial charge in [-0.3, -0.25) is 4.79 Å². The molecule has 4 aromatic rings. The lowest BCUT2D eigenvalue weighted by Gasteiger charge is -2.45. The zero-order chi connectivity index (χ0) is 33.8. The summed E-state index contributed by atoms with van der Waals surface area (Å²) in [6, 6.07) is 35.4. The molecule has 1 aliphatic heterocycles. The average molecular weight is 664 g/mol. The van der Waals surface area contributed by atoms with Crippen LogP contribution in [0.1, 0.15) is 23.6 Å². The topological polar surface area (TPSA) is 84.8 Å². The van der Waals surface area contributed by atoms with Crippen LogP contribution in [0.3, 0.4) is 0 Å². The van der Waals surface area contributed by atoms with Gasteiger partial charge in [0, 0.05) is 6.92 Å². The minimum atomic E-state index is -5.01. The van der Waals surface area contributed by atoms with Gasteiger partial charge in [-0.2, -0.15) is 13.2 Å². The lowest BCUT2D eigenvalue weighted by Crippen LogP contribution is -2.62. The van der Waals surface area contributed by atoms with Gasteiger partial charge >= 0.3 is 12.1 Å². The maximum atomic E-state index is 14.4. The largest absolute Gasteiger partial charge is 0.468 e. The molecule has 0 saturated carbocycles. The van der Waals surface area contributed by atoms with Gasteiger partial charge in [0.25, 0.3) is 5.90 Å². The zero-order valence-corrected chi connectivity index (χ0v) is 26.2. The van der Waals surface area contributed by atoms with Crippen LogP contribution in [-0.2, 0) is 53.0 Å². The summed E-state index contributed by atoms with van der Waals surface area (Å²) in [5.74, 6) is -2.36. The summed E-state index contributed by atoms with van der Waals surface area (Å²) in [5, 5.41) is 0. The van der Waals surface area contributed by atoms with Crippen LogP contribution in [0.2, 0.25) is 0 Å². The summed E-state index contributed by atoms with van der Waals surface area (Å²) in [6.45, 7) is 1.37. The van der Waals surface area contributed by atoms with Crippen LogP contribution < -0.4 is 0 Å². The minimum absolute atomic E-state index is 0.00774. The molecule has 0 N–H and O–H groups in total. The van der Waals surface area contributed by atoms with Crippen molar-refractivity contribution >= 4 is 17.6 Å². The molecule has 5 atom stereocenters. The monoisotopic (exact) mass is 663 g/mol. The lowest BCUT2D eigenvalue weighted by molar-refractivity contribution is -0.308. The molecule has 4 aromatic carbocycles. The van der Waals surface area contributed by atoms with Crippen LogP contribution in [0, 0.1) is 0 Å². The van der Waals surface area contributed by atoms with Crippen LogP contribution in [0.25, 0.3) is 0 Å². The van der Waals surface area contributed by atoms with E-state index in [-0.39, 0.29) is 32.1 Å². The number of alkyl halides is 3. The third-order valence-corrected chi connectivity index (χ3v) is 7.31. The van der Waals surface area contributed by atoms with E-state index in [1.807, 2.05) is 91.0 Å². The molecule has 252 valence electrons. The standard InChI is InChI=1S/C37H36F3NO7/c1-26(42)46-34-33(45-24-29-18-10-4-11-19-29)32(44-23-28-16-8-3-9-17-28)31(25-43-22-27-14-6-2-7-15-27)47-35(34)48-36(37(38,39)40)41-30-20-12-5-13-21-30/h2-21,31-35H,22-25H2,1H3/t31-,32-,33+,34+,35?/m1/s1. The number of para-hydroxylation sites is 1. The van der Waals surface area contributed by atoms with Gasteiger partial charge < -0.3 is 28.4 Å². The Morgan fingerprint density at radius 2 is 1.15 bits per heavy atom. The fourth-order valence-electron chi connectivity index (χ4n) is 5.10. The second-order valence-corrected chi connectivity index (χ2v) is 11.0. The maximum Gasteiger partial charge on any atom is 0.468 e. The van der Waals surface area contributed by atoms with Crippen molar-refractivity contribution < 1.29 is 46.4 Å². The molecule has 0 radical (unpaired) electrons. The predicted octanol–water partition coefficient (Wildman–Crippen LogP) is 7.34. The smallest absolute Gasteiger partial charge is 0.453 e. The highest BCUT2D eigenvalue weighted by Gasteiger charge is 2.53. The Kier molecular flexibility index (Phi) is 12.3. The summed E-state index contributed by atoms with van der Waals surface area (Å²) in [7, 11) is 0. The van der Waals surface area contributed by atoms with Crippen molar-refractivity contribution in [3.63, 3.8) is 0 Å². The van der Waals surface area contributed by atoms with Crippen molar-refractivity contribution in [1.29, 1.82) is 0 Å². The molecule has 11 heteroatoms. The average Bonchev–Trinajstić information content (AvgIpc) is 3.09. The van der Waals surface area contributed by atoms with Crippen molar-refractivity contribution in [2.24, 2.45) is 4.99 Å². The predicted molar refractivity (Wildman–Crippen MR) is 171 cm³/mol. The number of nitrogens with zero attached hydrogens (tertiary/aromatic N) is 1. The van der Waals surface area contributed by atoms with Crippen molar-refractivity contribution in [3.05, 3.63) is 138 Å². The van der Waals surface area contributed by atoms with Gasteiger partial charge in [0.1, 0.15) is 18.3 Å². The van der Waals surface area contributed by atoms with Gasteiger partial charge in [0.05, 0.1) is 32.1 Å². The highest BCUT2D eigenvalue weighted by molar-refractivity contribution is 5.84. The van der Waals surface area contributed by atoms with Gasteiger partial charge in [0.2, 0.25) is 6.29 Å². The molecule has 0 bridgehead atoms. The molecule has 0 aliphatic carbocycles. The van der Waals surface area contributed by atoms with E-state index < -0.39 is 48.7 Å². The highest BCUT2D eigenvalue weighted by atomic mass is 19.4. The molecule has 8 nitrogen and oxygen atoms in total. The molecular weight excluding hydrogens is 627 g/mol. The summed E-state index contributed by atoms with van der Waals surface area (Å²) in [4.78, 5) is 16.2. The molecule has 0 amide bonds. The lowest BCUT2D eigenvalue weighted by atomic mass is 9.97. The van der Waals surface area contributed by atoms with Crippen molar-refractivity contribution in [3.8, 4) is 0 Å². The number of ether oxygens (including phenoxy) is 6. The van der Waals surface area contributed by atoms with Gasteiger partial charge in [-0.15, -0.1) is 0 Å². The van der Waals surface area contributed by atoms with Crippen LogP contribution in [0.15, 0.2) is 126 Å². The van der Waals surface area contributed by atoms with Gasteiger partial charge in [0.15, 0.2) is 6.10 Å². The number of halogens is 3. The normalized spacial score (nSPS) is 21.4. The van der Waals surface area contributed by atoms with E-state index >= 15 is 0 Å². The fourth-order valence-corrected chi connectivity index (χ4v) is 5.10. The van der Waals surface area contributed by atoms with Crippen molar-refractivity contribution in [2.45, 2.75) is 63.6 Å². The molecule has 5 rings (SSSR count). The summed E-state index contributed by atoms with van der Waals surface area (Å²) in [6.07, 6.45) is -11.4. The van der Waals surface area contributed by atoms with Crippen LogP contribution in [0.4, 0.5) is 18.9 Å². The number of hydrogen-bond donors (Lipinski definition) is 0. The number of esters is 1. The molecule has 1 saturated heterocycles. The molecule has 48 heavy (non-hydrogen) atoms. The van der Waals surface area contributed by atoms with E-state index in [2.05, 4.69) is 4.99 Å². The molecule has 0 aromatic heterocycles. The number of carbonyl (C=O) groups is 1. The van der Waals surface area contributed by atoms with E-state index in [1.165, 1.54) is 12.1 Å². The molecule has 1 aliphatic rings. The first kappa shape index (κ1) is 34.8. The van der Waals surface area contributed by atoms with E-state index in [9.17, 15) is 18.0 Å². The number of aliphatic imine (C=N–C) groups is 1. The number of benzene rings is 4. The van der Waals surface area contributed by atoms with E-state index in [4.69, 9.17) is 28.4 Å².